The number of hydrogen-bond donors (Lipinski definition) is 4. The molecule has 2 fully saturated rings. The maximum absolute atomic E-state index is 13.5. The first-order valence-electron chi connectivity index (χ1n) is 14.4. The summed E-state index contributed by atoms with van der Waals surface area (Å²) in [6.07, 6.45) is 5.86. The van der Waals surface area contributed by atoms with Gasteiger partial charge in [-0.2, -0.15) is 0 Å². The Kier molecular flexibility index (Phi) is 9.66. The van der Waals surface area contributed by atoms with Crippen LogP contribution < -0.4 is 16.2 Å². The number of amides is 1. The first kappa shape index (κ1) is 30.9. The number of carbonyl (C=O) groups excluding carboxylic acids is 1. The molecule has 0 spiro atoms. The number of likely N-dealkylation sites (tertiary alicyclic amines) is 1. The van der Waals surface area contributed by atoms with E-state index >= 15 is 0 Å². The number of aromatic nitrogens is 2. The zero-order valence-corrected chi connectivity index (χ0v) is 25.5. The first-order chi connectivity index (χ1) is 19.4. The van der Waals surface area contributed by atoms with Crippen molar-refractivity contribution in [1.29, 1.82) is 5.41 Å². The third-order valence-corrected chi connectivity index (χ3v) is 9.47. The summed E-state index contributed by atoms with van der Waals surface area (Å²) in [5, 5.41) is 14.3. The highest BCUT2D eigenvalue weighted by atomic mass is 32.2. The molecule has 12 heteroatoms. The lowest BCUT2D eigenvalue weighted by atomic mass is 9.89. The fourth-order valence-corrected chi connectivity index (χ4v) is 6.84. The van der Waals surface area contributed by atoms with E-state index in [0.717, 1.165) is 61.9 Å². The topological polar surface area (TPSA) is 151 Å². The van der Waals surface area contributed by atoms with Crippen molar-refractivity contribution in [2.75, 3.05) is 37.8 Å². The van der Waals surface area contributed by atoms with Crippen LogP contribution in [0.1, 0.15) is 83.9 Å². The molecule has 224 valence electrons. The van der Waals surface area contributed by atoms with Gasteiger partial charge in [0.05, 0.1) is 11.8 Å². The second-order valence-electron chi connectivity index (χ2n) is 11.6. The number of H-pyrrole nitrogens is 1. The number of pyridine rings is 2. The zero-order chi connectivity index (χ0) is 29.9. The van der Waals surface area contributed by atoms with Gasteiger partial charge in [0.25, 0.3) is 11.5 Å². The summed E-state index contributed by atoms with van der Waals surface area (Å²) in [5.74, 6) is 0.314. The minimum Gasteiger partial charge on any atom is -0.367 e. The lowest BCUT2D eigenvalue weighted by molar-refractivity contribution is 0.0950. The number of hydrogen-bond acceptors (Lipinski definition) is 8. The molecule has 0 radical (unpaired) electrons. The van der Waals surface area contributed by atoms with Crippen LogP contribution in [0.5, 0.6) is 0 Å². The minimum absolute atomic E-state index is 0.0563. The highest BCUT2D eigenvalue weighted by Crippen LogP contribution is 2.32. The summed E-state index contributed by atoms with van der Waals surface area (Å²) in [6, 6.07) is 4.11. The van der Waals surface area contributed by atoms with Gasteiger partial charge in [-0.3, -0.25) is 9.59 Å². The third kappa shape index (κ3) is 7.41. The smallest absolute Gasteiger partial charge is 0.253 e. The van der Waals surface area contributed by atoms with E-state index in [4.69, 9.17) is 10.4 Å². The van der Waals surface area contributed by atoms with Gasteiger partial charge in [0.15, 0.2) is 0 Å². The summed E-state index contributed by atoms with van der Waals surface area (Å²) in [5.41, 5.74) is 3.47. The van der Waals surface area contributed by atoms with Crippen molar-refractivity contribution in [2.24, 2.45) is 0 Å². The van der Waals surface area contributed by atoms with Crippen molar-refractivity contribution in [3.63, 3.8) is 0 Å². The molecule has 0 bridgehead atoms. The van der Waals surface area contributed by atoms with Gasteiger partial charge in [-0.1, -0.05) is 0 Å². The van der Waals surface area contributed by atoms with Crippen LogP contribution >= 0.6 is 0 Å². The van der Waals surface area contributed by atoms with Gasteiger partial charge >= 0.3 is 0 Å². The minimum atomic E-state index is -3.15. The molecule has 2 aliphatic rings. The normalized spacial score (nSPS) is 18.0. The number of anilines is 1. The molecule has 4 rings (SSSR count). The number of aryl methyl sites for hydroxylation is 2. The molecule has 2 saturated heterocycles. The molecular formula is C29H43N7O4S. The molecule has 0 atom stereocenters. The summed E-state index contributed by atoms with van der Waals surface area (Å²) in [6.45, 7) is 10.6. The second-order valence-corrected chi connectivity index (χ2v) is 13.6. The molecular weight excluding hydrogens is 542 g/mol. The lowest BCUT2D eigenvalue weighted by Crippen LogP contribution is -2.48. The molecule has 11 nitrogen and oxygen atoms in total. The van der Waals surface area contributed by atoms with Crippen LogP contribution in [-0.4, -0.2) is 84.2 Å². The van der Waals surface area contributed by atoms with E-state index in [-0.39, 0.29) is 30.0 Å². The van der Waals surface area contributed by atoms with E-state index in [1.165, 1.54) is 6.26 Å². The quantitative estimate of drug-likeness (QED) is 0.330. The summed E-state index contributed by atoms with van der Waals surface area (Å²) in [7, 11) is -3.15. The highest BCUT2D eigenvalue weighted by molar-refractivity contribution is 7.88. The van der Waals surface area contributed by atoms with Gasteiger partial charge in [-0.25, -0.2) is 17.7 Å². The number of rotatable bonds is 9. The van der Waals surface area contributed by atoms with Crippen molar-refractivity contribution < 1.29 is 13.2 Å². The maximum atomic E-state index is 13.5. The molecule has 41 heavy (non-hydrogen) atoms. The van der Waals surface area contributed by atoms with Crippen LogP contribution in [0.25, 0.3) is 0 Å². The van der Waals surface area contributed by atoms with Crippen molar-refractivity contribution in [3.8, 4) is 0 Å². The number of sulfonamides is 1. The van der Waals surface area contributed by atoms with Crippen LogP contribution in [0, 0.1) is 19.3 Å². The fraction of sp³-hybridized carbons (Fsp3) is 0.586. The molecule has 2 aromatic rings. The van der Waals surface area contributed by atoms with Gasteiger partial charge in [0.2, 0.25) is 10.0 Å². The van der Waals surface area contributed by atoms with E-state index in [1.54, 1.807) is 10.4 Å². The Morgan fingerprint density at radius 2 is 1.80 bits per heavy atom. The summed E-state index contributed by atoms with van der Waals surface area (Å²) >= 11 is 0. The summed E-state index contributed by atoms with van der Waals surface area (Å²) in [4.78, 5) is 36.1. The number of carbonyl (C=O) groups is 1. The molecule has 0 aliphatic carbocycles. The average Bonchev–Trinajstić information content (AvgIpc) is 2.91. The standard InChI is InChI=1S/C29H43N7O4S/c1-18(2)32-27-24(16-30)23(28(37)31-17-25-19(3)14-20(4)33-29(25)38)15-26(34-27)21-6-10-35(11-7-21)22-8-12-36(13-9-22)41(5,39)40/h14-16,18,21-22,30H,6-13,17H2,1-5H3,(H,31,37)(H,32,34)(H,33,38). The van der Waals surface area contributed by atoms with E-state index in [0.29, 0.717) is 41.6 Å². The Hall–Kier alpha value is -3.09. The van der Waals surface area contributed by atoms with Crippen molar-refractivity contribution in [1.82, 2.24) is 24.5 Å². The Morgan fingerprint density at radius 1 is 1.15 bits per heavy atom. The van der Waals surface area contributed by atoms with Crippen LogP contribution in [0.4, 0.5) is 5.82 Å². The fourth-order valence-electron chi connectivity index (χ4n) is 5.97. The Balaban J connectivity index is 1.51. The van der Waals surface area contributed by atoms with Crippen LogP contribution in [0.15, 0.2) is 16.9 Å². The van der Waals surface area contributed by atoms with Crippen molar-refractivity contribution >= 4 is 28.0 Å². The lowest BCUT2D eigenvalue weighted by Gasteiger charge is -2.41. The third-order valence-electron chi connectivity index (χ3n) is 8.17. The average molecular weight is 586 g/mol. The van der Waals surface area contributed by atoms with E-state index in [2.05, 4.69) is 20.5 Å². The SMILES string of the molecule is Cc1cc(C)c(CNC(=O)c2cc(C3CCN(C4CCN(S(C)(=O)=O)CC4)CC3)nc(NC(C)C)c2C=N)c(=O)[nH]1. The van der Waals surface area contributed by atoms with E-state index < -0.39 is 10.0 Å². The Labute approximate surface area is 242 Å². The van der Waals surface area contributed by atoms with Gasteiger partial charge in [-0.05, 0) is 84.2 Å². The highest BCUT2D eigenvalue weighted by Gasteiger charge is 2.32. The molecule has 1 amide bonds. The summed E-state index contributed by atoms with van der Waals surface area (Å²) < 4.78 is 25.3. The monoisotopic (exact) mass is 585 g/mol. The van der Waals surface area contributed by atoms with Gasteiger partial charge in [0.1, 0.15) is 5.82 Å². The Morgan fingerprint density at radius 3 is 2.37 bits per heavy atom. The molecule has 2 aliphatic heterocycles. The maximum Gasteiger partial charge on any atom is 0.253 e. The molecule has 2 aromatic heterocycles. The van der Waals surface area contributed by atoms with Gasteiger partial charge in [0, 0.05) is 66.4 Å². The number of aromatic amines is 1. The van der Waals surface area contributed by atoms with Crippen LogP contribution in [0.2, 0.25) is 0 Å². The number of piperidine rings is 2. The molecule has 4 heterocycles. The van der Waals surface area contributed by atoms with Crippen LogP contribution in [-0.2, 0) is 16.6 Å². The molecule has 4 N–H and O–H groups in total. The zero-order valence-electron chi connectivity index (χ0n) is 24.7. The largest absolute Gasteiger partial charge is 0.367 e. The van der Waals surface area contributed by atoms with Crippen LogP contribution in [0.3, 0.4) is 0 Å². The van der Waals surface area contributed by atoms with E-state index in [9.17, 15) is 18.0 Å². The van der Waals surface area contributed by atoms with Crippen molar-refractivity contribution in [3.05, 3.63) is 56.1 Å². The number of nitrogens with zero attached hydrogens (tertiary/aromatic N) is 3. The predicted molar refractivity (Wildman–Crippen MR) is 162 cm³/mol. The molecule has 0 unspecified atom stereocenters. The molecule has 0 aromatic carbocycles. The second kappa shape index (κ2) is 12.8. The van der Waals surface area contributed by atoms with Crippen molar-refractivity contribution in [2.45, 2.75) is 77.9 Å². The van der Waals surface area contributed by atoms with E-state index in [1.807, 2.05) is 33.8 Å². The number of nitrogens with one attached hydrogen (secondary N) is 4. The van der Waals surface area contributed by atoms with Gasteiger partial charge < -0.3 is 25.9 Å². The molecule has 0 saturated carbocycles. The Bertz CT molecular complexity index is 1440. The predicted octanol–water partition coefficient (Wildman–Crippen LogP) is 2.74. The first-order valence-corrected chi connectivity index (χ1v) is 16.2. The van der Waals surface area contributed by atoms with Gasteiger partial charge in [-0.15, -0.1) is 0 Å².